The highest BCUT2D eigenvalue weighted by molar-refractivity contribution is 5.93. The Morgan fingerprint density at radius 3 is 2.68 bits per heavy atom. The normalized spacial score (nSPS) is 29.0. The van der Waals surface area contributed by atoms with Gasteiger partial charge in [-0.05, 0) is 31.2 Å². The molecule has 1 saturated carbocycles. The molecule has 1 aliphatic heterocycles. The van der Waals surface area contributed by atoms with Gasteiger partial charge in [0.1, 0.15) is 0 Å². The van der Waals surface area contributed by atoms with Crippen molar-refractivity contribution in [3.63, 3.8) is 0 Å². The highest BCUT2D eigenvalue weighted by Crippen LogP contribution is 2.54. The number of hydrogen-bond donors (Lipinski definition) is 1. The molecule has 4 nitrogen and oxygen atoms in total. The summed E-state index contributed by atoms with van der Waals surface area (Å²) in [5.74, 6) is 0.635. The van der Waals surface area contributed by atoms with E-state index in [1.807, 2.05) is 12.1 Å². The predicted octanol–water partition coefficient (Wildman–Crippen LogP) is 2.29. The summed E-state index contributed by atoms with van der Waals surface area (Å²) in [5, 5.41) is 2.65. The maximum Gasteiger partial charge on any atom is 0.251 e. The standard InChI is InChI=1S/C18H26N2O2/c1-18(2)15(14-9-10-22-16(14)18)20(4)11-12-5-7-13(8-6-12)17(21)19-3/h5-8,14-16H,9-11H2,1-4H3,(H,19,21). The zero-order valence-electron chi connectivity index (χ0n) is 13.9. The Hall–Kier alpha value is -1.39. The van der Waals surface area contributed by atoms with Crippen LogP contribution in [0.5, 0.6) is 0 Å². The number of nitrogens with one attached hydrogen (secondary N) is 1. The second-order valence-electron chi connectivity index (χ2n) is 7.20. The first-order valence-corrected chi connectivity index (χ1v) is 8.08. The lowest BCUT2D eigenvalue weighted by Gasteiger charge is -2.58. The molecule has 3 atom stereocenters. The minimum atomic E-state index is -0.0361. The molecule has 0 radical (unpaired) electrons. The van der Waals surface area contributed by atoms with Crippen molar-refractivity contribution in [3.8, 4) is 0 Å². The van der Waals surface area contributed by atoms with E-state index in [0.717, 1.165) is 13.2 Å². The number of amides is 1. The number of fused-ring (bicyclic) bond motifs is 1. The first kappa shape index (κ1) is 15.5. The molecule has 1 aliphatic carbocycles. The molecule has 22 heavy (non-hydrogen) atoms. The molecule has 3 unspecified atom stereocenters. The molecule has 1 saturated heterocycles. The SMILES string of the molecule is CNC(=O)c1ccc(CN(C)C2C3CCOC3C2(C)C)cc1. The Morgan fingerprint density at radius 2 is 2.05 bits per heavy atom. The van der Waals surface area contributed by atoms with Crippen LogP contribution in [0.4, 0.5) is 0 Å². The van der Waals surface area contributed by atoms with Gasteiger partial charge in [-0.15, -0.1) is 0 Å². The molecule has 1 N–H and O–H groups in total. The van der Waals surface area contributed by atoms with Crippen LogP contribution in [0.25, 0.3) is 0 Å². The summed E-state index contributed by atoms with van der Waals surface area (Å²) in [7, 11) is 3.86. The van der Waals surface area contributed by atoms with Crippen molar-refractivity contribution in [3.05, 3.63) is 35.4 Å². The summed E-state index contributed by atoms with van der Waals surface area (Å²) in [5.41, 5.74) is 2.17. The number of rotatable bonds is 4. The maximum atomic E-state index is 11.6. The van der Waals surface area contributed by atoms with E-state index in [1.54, 1.807) is 7.05 Å². The van der Waals surface area contributed by atoms with Gasteiger partial charge in [-0.3, -0.25) is 9.69 Å². The van der Waals surface area contributed by atoms with Crippen molar-refractivity contribution in [2.75, 3.05) is 20.7 Å². The molecule has 120 valence electrons. The Bertz CT molecular complexity index is 553. The summed E-state index contributed by atoms with van der Waals surface area (Å²) < 4.78 is 5.88. The molecule has 1 aromatic rings. The van der Waals surface area contributed by atoms with E-state index in [-0.39, 0.29) is 11.3 Å². The maximum absolute atomic E-state index is 11.6. The number of nitrogens with zero attached hydrogens (tertiary/aromatic N) is 1. The van der Waals surface area contributed by atoms with Crippen molar-refractivity contribution < 1.29 is 9.53 Å². The average molecular weight is 302 g/mol. The van der Waals surface area contributed by atoms with Gasteiger partial charge in [-0.1, -0.05) is 26.0 Å². The zero-order valence-corrected chi connectivity index (χ0v) is 13.9. The first-order chi connectivity index (χ1) is 10.4. The first-order valence-electron chi connectivity index (χ1n) is 8.08. The number of carbonyl (C=O) groups excluding carboxylic acids is 1. The third-order valence-electron chi connectivity index (χ3n) is 5.39. The second-order valence-corrected chi connectivity index (χ2v) is 7.20. The molecule has 1 amide bonds. The average Bonchev–Trinajstić information content (AvgIpc) is 2.93. The van der Waals surface area contributed by atoms with Gasteiger partial charge in [0, 0.05) is 43.1 Å². The van der Waals surface area contributed by atoms with Gasteiger partial charge in [0.25, 0.3) is 5.91 Å². The summed E-state index contributed by atoms with van der Waals surface area (Å²) in [6.45, 7) is 6.44. The highest BCUT2D eigenvalue weighted by Gasteiger charge is 2.60. The minimum absolute atomic E-state index is 0.0361. The van der Waals surface area contributed by atoms with E-state index in [2.05, 4.69) is 43.2 Å². The molecular weight excluding hydrogens is 276 g/mol. The quantitative estimate of drug-likeness (QED) is 0.928. The summed E-state index contributed by atoms with van der Waals surface area (Å²) in [6.07, 6.45) is 1.61. The van der Waals surface area contributed by atoms with Crippen LogP contribution in [0, 0.1) is 11.3 Å². The lowest BCUT2D eigenvalue weighted by Crippen LogP contribution is -2.65. The van der Waals surface area contributed by atoms with Crippen LogP contribution < -0.4 is 5.32 Å². The van der Waals surface area contributed by atoms with Gasteiger partial charge in [0.15, 0.2) is 0 Å². The molecule has 2 aliphatic rings. The third-order valence-corrected chi connectivity index (χ3v) is 5.39. The molecule has 0 aromatic heterocycles. The van der Waals surface area contributed by atoms with E-state index in [1.165, 1.54) is 12.0 Å². The molecule has 4 heteroatoms. The van der Waals surface area contributed by atoms with Crippen molar-refractivity contribution >= 4 is 5.91 Å². The van der Waals surface area contributed by atoms with Crippen LogP contribution in [0.1, 0.15) is 36.2 Å². The Kier molecular flexibility index (Phi) is 4.00. The number of ether oxygens (including phenoxy) is 1. The topological polar surface area (TPSA) is 41.6 Å². The molecule has 0 spiro atoms. The van der Waals surface area contributed by atoms with E-state index < -0.39 is 0 Å². The zero-order chi connectivity index (χ0) is 15.9. The largest absolute Gasteiger partial charge is 0.377 e. The molecule has 0 bridgehead atoms. The molecule has 1 heterocycles. The van der Waals surface area contributed by atoms with Crippen LogP contribution in [0.3, 0.4) is 0 Å². The molecular formula is C18H26N2O2. The predicted molar refractivity (Wildman–Crippen MR) is 86.7 cm³/mol. The fourth-order valence-electron chi connectivity index (χ4n) is 4.48. The molecule has 3 rings (SSSR count). The fraction of sp³-hybridized carbons (Fsp3) is 0.611. The van der Waals surface area contributed by atoms with Crippen LogP contribution in [-0.4, -0.2) is 43.7 Å². The van der Waals surface area contributed by atoms with Gasteiger partial charge < -0.3 is 10.1 Å². The molecule has 2 fully saturated rings. The monoisotopic (exact) mass is 302 g/mol. The number of carbonyl (C=O) groups is 1. The summed E-state index contributed by atoms with van der Waals surface area (Å²) >= 11 is 0. The van der Waals surface area contributed by atoms with Crippen LogP contribution in [0.2, 0.25) is 0 Å². The van der Waals surface area contributed by atoms with Gasteiger partial charge in [-0.25, -0.2) is 0 Å². The van der Waals surface area contributed by atoms with Crippen LogP contribution >= 0.6 is 0 Å². The van der Waals surface area contributed by atoms with Crippen LogP contribution in [-0.2, 0) is 11.3 Å². The van der Waals surface area contributed by atoms with Crippen molar-refractivity contribution in [2.45, 2.75) is 39.0 Å². The Morgan fingerprint density at radius 1 is 1.36 bits per heavy atom. The number of benzene rings is 1. The van der Waals surface area contributed by atoms with E-state index in [0.29, 0.717) is 23.6 Å². The van der Waals surface area contributed by atoms with Gasteiger partial charge in [0.05, 0.1) is 6.10 Å². The van der Waals surface area contributed by atoms with Crippen LogP contribution in [0.15, 0.2) is 24.3 Å². The van der Waals surface area contributed by atoms with Crippen molar-refractivity contribution in [1.82, 2.24) is 10.2 Å². The lowest BCUT2D eigenvalue weighted by molar-refractivity contribution is -0.151. The van der Waals surface area contributed by atoms with Crippen molar-refractivity contribution in [1.29, 1.82) is 0 Å². The Balaban J connectivity index is 1.67. The van der Waals surface area contributed by atoms with E-state index in [4.69, 9.17) is 4.74 Å². The van der Waals surface area contributed by atoms with E-state index in [9.17, 15) is 4.79 Å². The smallest absolute Gasteiger partial charge is 0.251 e. The van der Waals surface area contributed by atoms with E-state index >= 15 is 0 Å². The lowest BCUT2D eigenvalue weighted by atomic mass is 9.57. The summed E-state index contributed by atoms with van der Waals surface area (Å²) in [6, 6.07) is 8.47. The number of hydrogen-bond acceptors (Lipinski definition) is 3. The van der Waals surface area contributed by atoms with Gasteiger partial charge in [0.2, 0.25) is 0 Å². The highest BCUT2D eigenvalue weighted by atomic mass is 16.5. The van der Waals surface area contributed by atoms with Gasteiger partial charge in [-0.2, -0.15) is 0 Å². The van der Waals surface area contributed by atoms with Crippen molar-refractivity contribution in [2.24, 2.45) is 11.3 Å². The summed E-state index contributed by atoms with van der Waals surface area (Å²) in [4.78, 5) is 14.0. The second kappa shape index (κ2) is 5.67. The van der Waals surface area contributed by atoms with Gasteiger partial charge >= 0.3 is 0 Å². The minimum Gasteiger partial charge on any atom is -0.377 e. The molecule has 1 aromatic carbocycles. The Labute approximate surface area is 132 Å². The third kappa shape index (κ3) is 2.44. The fourth-order valence-corrected chi connectivity index (χ4v) is 4.48.